The lowest BCUT2D eigenvalue weighted by Gasteiger charge is -2.30. The minimum Gasteiger partial charge on any atom is -0.339 e. The minimum atomic E-state index is -3.72. The Morgan fingerprint density at radius 2 is 2.12 bits per heavy atom. The first kappa shape index (κ1) is 21.2. The number of thiophene rings is 1. The van der Waals surface area contributed by atoms with E-state index in [1.165, 1.54) is 10.7 Å². The average Bonchev–Trinajstić information content (AvgIpc) is 3.44. The third kappa shape index (κ3) is 4.19. The minimum absolute atomic E-state index is 0.149. The molecular weight excluding hydrogens is 450 g/mol. The number of amides is 1. The van der Waals surface area contributed by atoms with Crippen molar-refractivity contribution in [3.63, 3.8) is 0 Å². The predicted octanol–water partition coefficient (Wildman–Crippen LogP) is 3.50. The van der Waals surface area contributed by atoms with E-state index in [9.17, 15) is 13.2 Å². The fourth-order valence-corrected chi connectivity index (χ4v) is 6.76. The average molecular weight is 474 g/mol. The molecule has 2 aliphatic rings. The number of anilines is 1. The van der Waals surface area contributed by atoms with E-state index in [2.05, 4.69) is 20.4 Å². The molecule has 1 atom stereocenters. The summed E-state index contributed by atoms with van der Waals surface area (Å²) in [6, 6.07) is 5.08. The summed E-state index contributed by atoms with van der Waals surface area (Å²) in [5.41, 5.74) is 1.23. The van der Waals surface area contributed by atoms with Crippen LogP contribution in [0.15, 0.2) is 44.7 Å². The lowest BCUT2D eigenvalue weighted by Crippen LogP contribution is -2.43. The van der Waals surface area contributed by atoms with E-state index in [0.717, 1.165) is 24.2 Å². The Bertz CT molecular complexity index is 1200. The number of nitrogens with one attached hydrogen (secondary N) is 1. The number of carbonyl (C=O) groups is 1. The zero-order valence-electron chi connectivity index (χ0n) is 17.3. The van der Waals surface area contributed by atoms with E-state index in [0.29, 0.717) is 48.3 Å². The van der Waals surface area contributed by atoms with Crippen LogP contribution in [-0.4, -0.2) is 46.8 Å². The van der Waals surface area contributed by atoms with Gasteiger partial charge in [-0.1, -0.05) is 11.6 Å². The molecule has 11 heteroatoms. The van der Waals surface area contributed by atoms with E-state index < -0.39 is 15.9 Å². The van der Waals surface area contributed by atoms with Crippen molar-refractivity contribution < 1.29 is 17.7 Å². The summed E-state index contributed by atoms with van der Waals surface area (Å²) in [5, 5.41) is 8.58. The van der Waals surface area contributed by atoms with Gasteiger partial charge in [0, 0.05) is 36.1 Å². The number of aromatic nitrogens is 3. The highest BCUT2D eigenvalue weighted by Gasteiger charge is 2.34. The van der Waals surface area contributed by atoms with Crippen LogP contribution in [-0.2, 0) is 14.8 Å². The van der Waals surface area contributed by atoms with Gasteiger partial charge in [-0.2, -0.15) is 9.29 Å². The SMILES string of the molecule is O=C(Nc1cccnc1)[C@@H]1CCCN(S(=O)(=O)c2cc(-c3noc(C4CCC4)n3)cs2)C1. The third-order valence-electron chi connectivity index (χ3n) is 6.01. The number of carbonyl (C=O) groups excluding carboxylic acids is 1. The molecule has 0 bridgehead atoms. The maximum Gasteiger partial charge on any atom is 0.252 e. The van der Waals surface area contributed by atoms with Crippen LogP contribution in [0.1, 0.15) is 43.9 Å². The quantitative estimate of drug-likeness (QED) is 0.582. The van der Waals surface area contributed by atoms with Crippen molar-refractivity contribution in [2.45, 2.75) is 42.2 Å². The Kier molecular flexibility index (Phi) is 5.78. The first-order chi connectivity index (χ1) is 15.5. The van der Waals surface area contributed by atoms with E-state index in [1.807, 2.05) is 0 Å². The molecule has 1 saturated heterocycles. The smallest absolute Gasteiger partial charge is 0.252 e. The molecule has 2 fully saturated rings. The number of nitrogens with zero attached hydrogens (tertiary/aromatic N) is 4. The lowest BCUT2D eigenvalue weighted by atomic mass is 9.85. The van der Waals surface area contributed by atoms with Gasteiger partial charge in [-0.05, 0) is 43.9 Å². The molecule has 1 saturated carbocycles. The van der Waals surface area contributed by atoms with Crippen molar-refractivity contribution in [3.8, 4) is 11.4 Å². The van der Waals surface area contributed by atoms with Crippen LogP contribution >= 0.6 is 11.3 Å². The predicted molar refractivity (Wildman–Crippen MR) is 119 cm³/mol. The Morgan fingerprint density at radius 3 is 2.88 bits per heavy atom. The fourth-order valence-electron chi connectivity index (χ4n) is 3.93. The molecule has 32 heavy (non-hydrogen) atoms. The standard InChI is InChI=1S/C21H23N5O4S2/c27-20(23-17-7-2-8-22-11-17)15-6-3-9-26(12-15)32(28,29)18-10-16(13-31-18)19-24-21(30-25-19)14-4-1-5-14/h2,7-8,10-11,13-15H,1,3-6,9,12H2,(H,23,27)/t15-/m1/s1. The highest BCUT2D eigenvalue weighted by Crippen LogP contribution is 2.37. The molecule has 0 radical (unpaired) electrons. The monoisotopic (exact) mass is 473 g/mol. The molecular formula is C21H23N5O4S2. The summed E-state index contributed by atoms with van der Waals surface area (Å²) in [4.78, 5) is 21.1. The molecule has 0 aromatic carbocycles. The summed E-state index contributed by atoms with van der Waals surface area (Å²) in [5.74, 6) is 0.749. The van der Waals surface area contributed by atoms with E-state index in [-0.39, 0.29) is 16.7 Å². The molecule has 1 N–H and O–H groups in total. The van der Waals surface area contributed by atoms with Gasteiger partial charge >= 0.3 is 0 Å². The van der Waals surface area contributed by atoms with Crippen molar-refractivity contribution in [1.29, 1.82) is 0 Å². The molecule has 9 nitrogen and oxygen atoms in total. The molecule has 1 aliphatic carbocycles. The fraction of sp³-hybridized carbons (Fsp3) is 0.429. The first-order valence-corrected chi connectivity index (χ1v) is 13.0. The third-order valence-corrected chi connectivity index (χ3v) is 9.29. The van der Waals surface area contributed by atoms with Gasteiger partial charge in [-0.15, -0.1) is 11.3 Å². The van der Waals surface area contributed by atoms with Gasteiger partial charge in [-0.25, -0.2) is 8.42 Å². The van der Waals surface area contributed by atoms with Gasteiger partial charge in [0.15, 0.2) is 0 Å². The molecule has 3 aromatic heterocycles. The van der Waals surface area contributed by atoms with Crippen LogP contribution in [0.25, 0.3) is 11.4 Å². The summed E-state index contributed by atoms with van der Waals surface area (Å²) < 4.78 is 33.5. The Hall–Kier alpha value is -2.63. The molecule has 0 spiro atoms. The summed E-state index contributed by atoms with van der Waals surface area (Å²) in [7, 11) is -3.72. The number of hydrogen-bond acceptors (Lipinski definition) is 8. The van der Waals surface area contributed by atoms with Crippen LogP contribution in [0.4, 0.5) is 5.69 Å². The lowest BCUT2D eigenvalue weighted by molar-refractivity contribution is -0.120. The second-order valence-electron chi connectivity index (χ2n) is 8.17. The molecule has 168 valence electrons. The Morgan fingerprint density at radius 1 is 1.25 bits per heavy atom. The number of rotatable bonds is 6. The van der Waals surface area contributed by atoms with Crippen LogP contribution < -0.4 is 5.32 Å². The second kappa shape index (κ2) is 8.72. The van der Waals surface area contributed by atoms with E-state index in [1.54, 1.807) is 36.0 Å². The normalized spacial score (nSPS) is 20.1. The summed E-state index contributed by atoms with van der Waals surface area (Å²) >= 11 is 1.13. The van der Waals surface area contributed by atoms with Gasteiger partial charge in [0.1, 0.15) is 4.21 Å². The Labute approximate surface area is 189 Å². The maximum atomic E-state index is 13.3. The van der Waals surface area contributed by atoms with Crippen LogP contribution in [0.2, 0.25) is 0 Å². The van der Waals surface area contributed by atoms with Gasteiger partial charge in [0.05, 0.1) is 17.8 Å². The first-order valence-electron chi connectivity index (χ1n) is 10.6. The molecule has 1 aliphatic heterocycles. The van der Waals surface area contributed by atoms with Gasteiger partial charge < -0.3 is 9.84 Å². The van der Waals surface area contributed by atoms with E-state index in [4.69, 9.17) is 4.52 Å². The van der Waals surface area contributed by atoms with Crippen molar-refractivity contribution in [2.24, 2.45) is 5.92 Å². The Balaban J connectivity index is 1.28. The zero-order valence-corrected chi connectivity index (χ0v) is 18.9. The van der Waals surface area contributed by atoms with Crippen LogP contribution in [0.5, 0.6) is 0 Å². The van der Waals surface area contributed by atoms with Crippen LogP contribution in [0.3, 0.4) is 0 Å². The van der Waals surface area contributed by atoms with Crippen molar-refractivity contribution in [3.05, 3.63) is 41.9 Å². The van der Waals surface area contributed by atoms with Crippen molar-refractivity contribution in [2.75, 3.05) is 18.4 Å². The molecule has 3 aromatic rings. The second-order valence-corrected chi connectivity index (χ2v) is 11.2. The molecule has 0 unspecified atom stereocenters. The van der Waals surface area contributed by atoms with Gasteiger partial charge in [-0.3, -0.25) is 9.78 Å². The zero-order chi connectivity index (χ0) is 22.1. The molecule has 4 heterocycles. The molecule has 5 rings (SSSR count). The largest absolute Gasteiger partial charge is 0.339 e. The number of pyridine rings is 1. The van der Waals surface area contributed by atoms with Crippen molar-refractivity contribution >= 4 is 33.0 Å². The molecule has 1 amide bonds. The maximum absolute atomic E-state index is 13.3. The number of sulfonamides is 1. The van der Waals surface area contributed by atoms with Gasteiger partial charge in [0.25, 0.3) is 10.0 Å². The highest BCUT2D eigenvalue weighted by atomic mass is 32.2. The number of piperidine rings is 1. The van der Waals surface area contributed by atoms with E-state index >= 15 is 0 Å². The highest BCUT2D eigenvalue weighted by molar-refractivity contribution is 7.91. The summed E-state index contributed by atoms with van der Waals surface area (Å²) in [6.45, 7) is 0.538. The van der Waals surface area contributed by atoms with Crippen molar-refractivity contribution in [1.82, 2.24) is 19.4 Å². The van der Waals surface area contributed by atoms with Gasteiger partial charge in [0.2, 0.25) is 17.6 Å². The topological polar surface area (TPSA) is 118 Å². The number of hydrogen-bond donors (Lipinski definition) is 1. The summed E-state index contributed by atoms with van der Waals surface area (Å²) in [6.07, 6.45) is 7.73. The van der Waals surface area contributed by atoms with Crippen LogP contribution in [0, 0.1) is 5.92 Å².